The highest BCUT2D eigenvalue weighted by molar-refractivity contribution is 5.34. The van der Waals surface area contributed by atoms with E-state index in [9.17, 15) is 4.39 Å². The first-order chi connectivity index (χ1) is 9.12. The van der Waals surface area contributed by atoms with Crippen LogP contribution in [0.5, 0.6) is 0 Å². The van der Waals surface area contributed by atoms with Gasteiger partial charge in [0, 0.05) is 25.0 Å². The summed E-state index contributed by atoms with van der Waals surface area (Å²) in [7, 11) is 1.91. The van der Waals surface area contributed by atoms with Gasteiger partial charge in [0.15, 0.2) is 0 Å². The molecule has 1 atom stereocenters. The van der Waals surface area contributed by atoms with Crippen molar-refractivity contribution in [1.82, 2.24) is 9.88 Å². The number of rotatable bonds is 4. The molecule has 0 aliphatic carbocycles. The lowest BCUT2D eigenvalue weighted by molar-refractivity contribution is 0.622. The van der Waals surface area contributed by atoms with Crippen LogP contribution in [-0.4, -0.2) is 11.6 Å². The normalized spacial score (nSPS) is 12.1. The number of hydrogen-bond acceptors (Lipinski definition) is 2. The molecule has 2 aromatic rings. The summed E-state index contributed by atoms with van der Waals surface area (Å²) in [5.41, 5.74) is 2.32. The first kappa shape index (κ1) is 13.3. The minimum atomic E-state index is -0.370. The van der Waals surface area contributed by atoms with Crippen molar-refractivity contribution in [3.63, 3.8) is 0 Å². The Kier molecular flexibility index (Phi) is 3.98. The van der Waals surface area contributed by atoms with Gasteiger partial charge in [0.05, 0.1) is 11.6 Å². The lowest BCUT2D eigenvalue weighted by Gasteiger charge is -2.07. The van der Waals surface area contributed by atoms with E-state index in [2.05, 4.69) is 12.2 Å². The van der Waals surface area contributed by atoms with Crippen LogP contribution in [0.25, 0.3) is 0 Å². The third-order valence-corrected chi connectivity index (χ3v) is 3.16. The number of nitrogens with one attached hydrogen (secondary N) is 1. The summed E-state index contributed by atoms with van der Waals surface area (Å²) in [5, 5.41) is 12.0. The summed E-state index contributed by atoms with van der Waals surface area (Å²) in [4.78, 5) is 0. The summed E-state index contributed by atoms with van der Waals surface area (Å²) >= 11 is 0. The first-order valence-corrected chi connectivity index (χ1v) is 6.15. The molecule has 2 rings (SSSR count). The fourth-order valence-electron chi connectivity index (χ4n) is 2.00. The smallest absolute Gasteiger partial charge is 0.124 e. The molecule has 0 bridgehead atoms. The highest BCUT2D eigenvalue weighted by Crippen LogP contribution is 2.15. The molecule has 0 radical (unpaired) electrons. The second kappa shape index (κ2) is 5.68. The van der Waals surface area contributed by atoms with Crippen molar-refractivity contribution in [3.8, 4) is 6.07 Å². The number of hydrogen-bond donors (Lipinski definition) is 1. The predicted molar refractivity (Wildman–Crippen MR) is 72.1 cm³/mol. The van der Waals surface area contributed by atoms with E-state index in [1.807, 2.05) is 36.1 Å². The molecule has 0 aliphatic heterocycles. The Balaban J connectivity index is 2.19. The molecule has 1 unspecified atom stereocenters. The average Bonchev–Trinajstić information content (AvgIpc) is 2.85. The van der Waals surface area contributed by atoms with Crippen LogP contribution >= 0.6 is 0 Å². The van der Waals surface area contributed by atoms with E-state index >= 15 is 0 Å². The maximum atomic E-state index is 13.3. The average molecular weight is 257 g/mol. The molecule has 1 N–H and O–H groups in total. The SMILES string of the molecule is CNC(C)c1ccn(Cc2cc(F)cc(C#N)c2)c1. The highest BCUT2D eigenvalue weighted by Gasteiger charge is 2.06. The van der Waals surface area contributed by atoms with Crippen molar-refractivity contribution in [2.75, 3.05) is 7.05 Å². The van der Waals surface area contributed by atoms with Crippen LogP contribution in [-0.2, 0) is 6.54 Å². The molecular formula is C15H16FN3. The Morgan fingerprint density at radius 2 is 2.21 bits per heavy atom. The predicted octanol–water partition coefficient (Wildman–Crippen LogP) is 2.83. The summed E-state index contributed by atoms with van der Waals surface area (Å²) in [6.45, 7) is 2.64. The van der Waals surface area contributed by atoms with Crippen molar-refractivity contribution >= 4 is 0 Å². The van der Waals surface area contributed by atoms with Crippen LogP contribution in [0.3, 0.4) is 0 Å². The number of benzene rings is 1. The topological polar surface area (TPSA) is 40.8 Å². The van der Waals surface area contributed by atoms with Crippen molar-refractivity contribution in [2.24, 2.45) is 0 Å². The quantitative estimate of drug-likeness (QED) is 0.915. The second-order valence-electron chi connectivity index (χ2n) is 4.59. The Morgan fingerprint density at radius 1 is 1.42 bits per heavy atom. The molecule has 1 aromatic heterocycles. The van der Waals surface area contributed by atoms with Crippen LogP contribution in [0, 0.1) is 17.1 Å². The second-order valence-corrected chi connectivity index (χ2v) is 4.59. The van der Waals surface area contributed by atoms with E-state index in [4.69, 9.17) is 5.26 Å². The standard InChI is InChI=1S/C15H16FN3/c1-11(18-2)14-3-4-19(10-14)9-13-5-12(8-17)6-15(16)7-13/h3-7,10-11,18H,9H2,1-2H3. The Bertz CT molecular complexity index is 610. The summed E-state index contributed by atoms with van der Waals surface area (Å²) in [6, 6.07) is 8.70. The van der Waals surface area contributed by atoms with Gasteiger partial charge in [-0.1, -0.05) is 0 Å². The van der Waals surface area contributed by atoms with E-state index in [1.165, 1.54) is 17.7 Å². The molecule has 0 aliphatic rings. The minimum absolute atomic E-state index is 0.281. The van der Waals surface area contributed by atoms with E-state index < -0.39 is 0 Å². The van der Waals surface area contributed by atoms with Gasteiger partial charge in [-0.25, -0.2) is 4.39 Å². The van der Waals surface area contributed by atoms with Gasteiger partial charge in [0.1, 0.15) is 5.82 Å². The monoisotopic (exact) mass is 257 g/mol. The Labute approximate surface area is 112 Å². The number of nitrogens with zero attached hydrogens (tertiary/aromatic N) is 2. The van der Waals surface area contributed by atoms with Gasteiger partial charge in [0.2, 0.25) is 0 Å². The van der Waals surface area contributed by atoms with E-state index in [1.54, 1.807) is 6.07 Å². The zero-order valence-electron chi connectivity index (χ0n) is 11.0. The fraction of sp³-hybridized carbons (Fsp3) is 0.267. The van der Waals surface area contributed by atoms with Crippen LogP contribution in [0.15, 0.2) is 36.7 Å². The molecule has 0 fully saturated rings. The van der Waals surface area contributed by atoms with Gasteiger partial charge >= 0.3 is 0 Å². The van der Waals surface area contributed by atoms with E-state index in [0.717, 1.165) is 5.56 Å². The summed E-state index contributed by atoms with van der Waals surface area (Å²) in [6.07, 6.45) is 3.98. The van der Waals surface area contributed by atoms with E-state index in [0.29, 0.717) is 12.1 Å². The largest absolute Gasteiger partial charge is 0.350 e. The number of halogens is 1. The molecule has 1 heterocycles. The van der Waals surface area contributed by atoms with E-state index in [-0.39, 0.29) is 11.9 Å². The molecule has 98 valence electrons. The lowest BCUT2D eigenvalue weighted by atomic mass is 10.1. The maximum Gasteiger partial charge on any atom is 0.124 e. The molecular weight excluding hydrogens is 241 g/mol. The molecule has 19 heavy (non-hydrogen) atoms. The van der Waals surface area contributed by atoms with Crippen LogP contribution < -0.4 is 5.32 Å². The highest BCUT2D eigenvalue weighted by atomic mass is 19.1. The molecule has 0 spiro atoms. The van der Waals surface area contributed by atoms with Crippen LogP contribution in [0.4, 0.5) is 4.39 Å². The Hall–Kier alpha value is -2.12. The minimum Gasteiger partial charge on any atom is -0.350 e. The third kappa shape index (κ3) is 3.21. The number of aromatic nitrogens is 1. The van der Waals surface area contributed by atoms with Gasteiger partial charge in [-0.3, -0.25) is 0 Å². The fourth-order valence-corrected chi connectivity index (χ4v) is 2.00. The van der Waals surface area contributed by atoms with Crippen LogP contribution in [0.2, 0.25) is 0 Å². The maximum absolute atomic E-state index is 13.3. The van der Waals surface area contributed by atoms with Crippen molar-refractivity contribution < 1.29 is 4.39 Å². The molecule has 0 saturated heterocycles. The summed E-state index contributed by atoms with van der Waals surface area (Å²) < 4.78 is 15.3. The Morgan fingerprint density at radius 3 is 2.89 bits per heavy atom. The van der Waals surface area contributed by atoms with Gasteiger partial charge < -0.3 is 9.88 Å². The first-order valence-electron chi connectivity index (χ1n) is 6.15. The molecule has 3 nitrogen and oxygen atoms in total. The molecule has 0 amide bonds. The molecule has 1 aromatic carbocycles. The van der Waals surface area contributed by atoms with Crippen molar-refractivity contribution in [1.29, 1.82) is 5.26 Å². The van der Waals surface area contributed by atoms with Crippen molar-refractivity contribution in [3.05, 3.63) is 59.2 Å². The van der Waals surface area contributed by atoms with Gasteiger partial charge in [-0.15, -0.1) is 0 Å². The van der Waals surface area contributed by atoms with Gasteiger partial charge in [-0.05, 0) is 49.4 Å². The van der Waals surface area contributed by atoms with Crippen LogP contribution in [0.1, 0.15) is 29.7 Å². The third-order valence-electron chi connectivity index (χ3n) is 3.16. The summed E-state index contributed by atoms with van der Waals surface area (Å²) in [5.74, 6) is -0.370. The number of nitriles is 1. The zero-order valence-corrected chi connectivity index (χ0v) is 11.0. The van der Waals surface area contributed by atoms with Gasteiger partial charge in [0.25, 0.3) is 0 Å². The molecule has 0 saturated carbocycles. The molecule has 4 heteroatoms. The lowest BCUT2D eigenvalue weighted by Crippen LogP contribution is -2.11. The van der Waals surface area contributed by atoms with Crippen molar-refractivity contribution in [2.45, 2.75) is 19.5 Å². The zero-order chi connectivity index (χ0) is 13.8. The van der Waals surface area contributed by atoms with Gasteiger partial charge in [-0.2, -0.15) is 5.26 Å².